The Hall–Kier alpha value is -2.54. The van der Waals surface area contributed by atoms with Crippen LogP contribution in [0.1, 0.15) is 22.6 Å². The van der Waals surface area contributed by atoms with Gasteiger partial charge in [0.2, 0.25) is 5.91 Å². The molecule has 0 saturated heterocycles. The van der Waals surface area contributed by atoms with Crippen molar-refractivity contribution < 1.29 is 22.5 Å². The zero-order chi connectivity index (χ0) is 17.9. The van der Waals surface area contributed by atoms with Gasteiger partial charge in [0.25, 0.3) is 0 Å². The summed E-state index contributed by atoms with van der Waals surface area (Å²) in [6, 6.07) is 3.81. The fourth-order valence-corrected chi connectivity index (χ4v) is 2.67. The number of hydrogen-bond donors (Lipinski definition) is 1. The summed E-state index contributed by atoms with van der Waals surface area (Å²) in [5.74, 6) is -0.0327. The molecular formula is C14H11F3N4O2S. The van der Waals surface area contributed by atoms with Gasteiger partial charge in [0, 0.05) is 11.8 Å². The highest BCUT2D eigenvalue weighted by molar-refractivity contribution is 8.00. The molecule has 0 aliphatic heterocycles. The van der Waals surface area contributed by atoms with Gasteiger partial charge in [0.15, 0.2) is 5.82 Å². The molecule has 0 saturated carbocycles. The first kappa shape index (κ1) is 17.8. The fraction of sp³-hybridized carbons (Fsp3) is 0.286. The Morgan fingerprint density at radius 1 is 1.42 bits per heavy atom. The second kappa shape index (κ2) is 6.92. The summed E-state index contributed by atoms with van der Waals surface area (Å²) < 4.78 is 43.8. The first-order valence-corrected chi connectivity index (χ1v) is 7.54. The molecule has 6 nitrogen and oxygen atoms in total. The number of nitrogens with zero attached hydrogens (tertiary/aromatic N) is 3. The average Bonchev–Trinajstić information content (AvgIpc) is 2.88. The molecule has 126 valence electrons. The number of carbonyl (C=O) groups excluding carboxylic acids is 1. The first-order valence-electron chi connectivity index (χ1n) is 6.55. The van der Waals surface area contributed by atoms with E-state index in [-0.39, 0.29) is 22.3 Å². The Kier molecular flexibility index (Phi) is 5.14. The highest BCUT2D eigenvalue weighted by atomic mass is 32.2. The van der Waals surface area contributed by atoms with Gasteiger partial charge in [-0.2, -0.15) is 18.4 Å². The van der Waals surface area contributed by atoms with Crippen molar-refractivity contribution in [2.45, 2.75) is 25.0 Å². The average molecular weight is 356 g/mol. The molecule has 2 aromatic heterocycles. The van der Waals surface area contributed by atoms with Crippen LogP contribution in [0.3, 0.4) is 0 Å². The predicted molar refractivity (Wildman–Crippen MR) is 79.3 cm³/mol. The zero-order valence-corrected chi connectivity index (χ0v) is 13.4. The SMILES string of the molecule is Cc1cc(C(F)(F)F)c(C#N)c(SCC(=O)Nc2cc(C)on2)n1. The molecule has 10 heteroatoms. The van der Waals surface area contributed by atoms with Crippen molar-refractivity contribution in [3.8, 4) is 6.07 Å². The number of anilines is 1. The number of nitriles is 1. The lowest BCUT2D eigenvalue weighted by atomic mass is 10.1. The zero-order valence-electron chi connectivity index (χ0n) is 12.6. The summed E-state index contributed by atoms with van der Waals surface area (Å²) >= 11 is 0.746. The van der Waals surface area contributed by atoms with E-state index in [4.69, 9.17) is 9.78 Å². The molecule has 0 atom stereocenters. The molecule has 0 spiro atoms. The van der Waals surface area contributed by atoms with E-state index < -0.39 is 23.2 Å². The van der Waals surface area contributed by atoms with Gasteiger partial charge in [-0.15, -0.1) is 0 Å². The van der Waals surface area contributed by atoms with Crippen LogP contribution in [0.15, 0.2) is 21.7 Å². The van der Waals surface area contributed by atoms with Crippen LogP contribution in [0.4, 0.5) is 19.0 Å². The van der Waals surface area contributed by atoms with Gasteiger partial charge in [-0.3, -0.25) is 4.79 Å². The molecule has 0 aliphatic rings. The predicted octanol–water partition coefficient (Wildman–Crippen LogP) is 3.31. The molecule has 2 aromatic rings. The van der Waals surface area contributed by atoms with Crippen molar-refractivity contribution in [2.24, 2.45) is 0 Å². The van der Waals surface area contributed by atoms with Crippen LogP contribution >= 0.6 is 11.8 Å². The Bertz CT molecular complexity index is 811. The monoisotopic (exact) mass is 356 g/mol. The molecule has 1 amide bonds. The maximum Gasteiger partial charge on any atom is 0.417 e. The minimum atomic E-state index is -4.67. The van der Waals surface area contributed by atoms with Crippen LogP contribution in [-0.2, 0) is 11.0 Å². The summed E-state index contributed by atoms with van der Waals surface area (Å²) in [6.07, 6.45) is -4.67. The van der Waals surface area contributed by atoms with Crippen LogP contribution in [0.5, 0.6) is 0 Å². The van der Waals surface area contributed by atoms with Crippen molar-refractivity contribution in [2.75, 3.05) is 11.1 Å². The standard InChI is InChI=1S/C14H11F3N4O2S/c1-7-3-10(14(15,16)17)9(5-18)13(19-7)24-6-12(22)20-11-4-8(2)23-21-11/h3-4H,6H2,1-2H3,(H,20,21,22). The second-order valence-electron chi connectivity index (χ2n) is 4.76. The normalized spacial score (nSPS) is 11.2. The number of aromatic nitrogens is 2. The lowest BCUT2D eigenvalue weighted by molar-refractivity contribution is -0.138. The van der Waals surface area contributed by atoms with E-state index in [0.717, 1.165) is 17.8 Å². The molecule has 0 aliphatic carbocycles. The van der Waals surface area contributed by atoms with Crippen LogP contribution in [0.2, 0.25) is 0 Å². The van der Waals surface area contributed by atoms with E-state index in [9.17, 15) is 18.0 Å². The number of aryl methyl sites for hydroxylation is 2. The number of rotatable bonds is 4. The van der Waals surface area contributed by atoms with Gasteiger partial charge >= 0.3 is 6.18 Å². The quantitative estimate of drug-likeness (QED) is 0.845. The molecule has 0 aromatic carbocycles. The molecule has 0 radical (unpaired) electrons. The number of thioether (sulfide) groups is 1. The van der Waals surface area contributed by atoms with Gasteiger partial charge in [0.1, 0.15) is 16.9 Å². The maximum absolute atomic E-state index is 13.0. The molecule has 2 heterocycles. The van der Waals surface area contributed by atoms with Gasteiger partial charge in [-0.25, -0.2) is 4.98 Å². The number of hydrogen-bond acceptors (Lipinski definition) is 6. The summed E-state index contributed by atoms with van der Waals surface area (Å²) in [7, 11) is 0. The fourth-order valence-electron chi connectivity index (χ4n) is 1.82. The summed E-state index contributed by atoms with van der Waals surface area (Å²) in [5, 5.41) is 14.9. The van der Waals surface area contributed by atoms with Crippen LogP contribution in [0, 0.1) is 25.2 Å². The molecule has 0 fully saturated rings. The topological polar surface area (TPSA) is 91.8 Å². The lowest BCUT2D eigenvalue weighted by Crippen LogP contribution is -2.15. The van der Waals surface area contributed by atoms with Gasteiger partial charge in [-0.05, 0) is 19.9 Å². The van der Waals surface area contributed by atoms with Gasteiger partial charge in [-0.1, -0.05) is 16.9 Å². The maximum atomic E-state index is 13.0. The summed E-state index contributed by atoms with van der Waals surface area (Å²) in [4.78, 5) is 15.7. The van der Waals surface area contributed by atoms with E-state index >= 15 is 0 Å². The summed E-state index contributed by atoms with van der Waals surface area (Å²) in [6.45, 7) is 3.03. The molecule has 0 unspecified atom stereocenters. The van der Waals surface area contributed by atoms with E-state index in [1.165, 1.54) is 19.1 Å². The highest BCUT2D eigenvalue weighted by Gasteiger charge is 2.35. The lowest BCUT2D eigenvalue weighted by Gasteiger charge is -2.12. The number of alkyl halides is 3. The third kappa shape index (κ3) is 4.26. The molecule has 0 bridgehead atoms. The van der Waals surface area contributed by atoms with E-state index in [1.807, 2.05) is 0 Å². The highest BCUT2D eigenvalue weighted by Crippen LogP contribution is 2.35. The molecular weight excluding hydrogens is 345 g/mol. The van der Waals surface area contributed by atoms with Crippen molar-refractivity contribution in [3.63, 3.8) is 0 Å². The van der Waals surface area contributed by atoms with Crippen LogP contribution in [-0.4, -0.2) is 21.8 Å². The third-order valence-corrected chi connectivity index (χ3v) is 3.74. The number of carbonyl (C=O) groups is 1. The van der Waals surface area contributed by atoms with Crippen LogP contribution < -0.4 is 5.32 Å². The van der Waals surface area contributed by atoms with Crippen molar-refractivity contribution >= 4 is 23.5 Å². The van der Waals surface area contributed by atoms with Gasteiger partial charge in [0.05, 0.1) is 16.9 Å². The smallest absolute Gasteiger partial charge is 0.360 e. The number of pyridine rings is 1. The van der Waals surface area contributed by atoms with Crippen LogP contribution in [0.25, 0.3) is 0 Å². The molecule has 24 heavy (non-hydrogen) atoms. The van der Waals surface area contributed by atoms with Gasteiger partial charge < -0.3 is 9.84 Å². The number of halogens is 3. The first-order chi connectivity index (χ1) is 11.2. The minimum absolute atomic E-state index is 0.108. The van der Waals surface area contributed by atoms with E-state index in [2.05, 4.69) is 15.5 Å². The Labute approximate surface area is 139 Å². The summed E-state index contributed by atoms with van der Waals surface area (Å²) in [5.41, 5.74) is -1.55. The second-order valence-corrected chi connectivity index (χ2v) is 5.72. The molecule has 2 rings (SSSR count). The number of nitrogens with one attached hydrogen (secondary N) is 1. The van der Waals surface area contributed by atoms with E-state index in [0.29, 0.717) is 5.76 Å². The van der Waals surface area contributed by atoms with Crippen molar-refractivity contribution in [1.82, 2.24) is 10.1 Å². The third-order valence-electron chi connectivity index (χ3n) is 2.77. The Morgan fingerprint density at radius 3 is 2.67 bits per heavy atom. The Balaban J connectivity index is 2.16. The number of amides is 1. The Morgan fingerprint density at radius 2 is 2.12 bits per heavy atom. The molecule has 1 N–H and O–H groups in total. The van der Waals surface area contributed by atoms with E-state index in [1.54, 1.807) is 6.92 Å². The van der Waals surface area contributed by atoms with Crippen molar-refractivity contribution in [3.05, 3.63) is 34.7 Å². The largest absolute Gasteiger partial charge is 0.417 e. The van der Waals surface area contributed by atoms with Crippen molar-refractivity contribution in [1.29, 1.82) is 5.26 Å². The minimum Gasteiger partial charge on any atom is -0.360 e.